The molecule has 0 aromatic heterocycles. The van der Waals surface area contributed by atoms with Crippen LogP contribution < -0.4 is 0 Å². The molecule has 0 saturated heterocycles. The molecule has 49 heavy (non-hydrogen) atoms. The van der Waals surface area contributed by atoms with E-state index in [1.807, 2.05) is 0 Å². The second kappa shape index (κ2) is 39.6. The molecule has 0 aromatic rings. The maximum absolute atomic E-state index is 12.7. The molecule has 0 aliphatic rings. The number of nitrogens with zero attached hydrogens (tertiary/aromatic N) is 1. The van der Waals surface area contributed by atoms with Gasteiger partial charge in [0.15, 0.2) is 0 Å². The summed E-state index contributed by atoms with van der Waals surface area (Å²) in [6.07, 6.45) is 36.9. The van der Waals surface area contributed by atoms with E-state index >= 15 is 0 Å². The molecule has 6 heteroatoms. The van der Waals surface area contributed by atoms with Gasteiger partial charge in [0.1, 0.15) is 6.10 Å². The summed E-state index contributed by atoms with van der Waals surface area (Å²) in [5.74, 6) is -0.0301. The number of hydrogen-bond acceptors (Lipinski definition) is 6. The van der Waals surface area contributed by atoms with Gasteiger partial charge >= 0.3 is 11.9 Å². The van der Waals surface area contributed by atoms with Crippen LogP contribution in [0.2, 0.25) is 0 Å². The number of ether oxygens (including phenoxy) is 2. The second-order valence-corrected chi connectivity index (χ2v) is 14.8. The van der Waals surface area contributed by atoms with Crippen molar-refractivity contribution >= 4 is 11.9 Å². The number of aliphatic hydroxyl groups is 1. The van der Waals surface area contributed by atoms with Gasteiger partial charge in [-0.15, -0.1) is 0 Å². The molecule has 0 bridgehead atoms. The summed E-state index contributed by atoms with van der Waals surface area (Å²) in [7, 11) is 0. The van der Waals surface area contributed by atoms with Gasteiger partial charge < -0.3 is 19.5 Å². The lowest BCUT2D eigenvalue weighted by atomic mass is 10.0. The minimum atomic E-state index is -0.0408. The second-order valence-electron chi connectivity index (χ2n) is 14.8. The van der Waals surface area contributed by atoms with Crippen molar-refractivity contribution in [3.8, 4) is 0 Å². The molecule has 292 valence electrons. The van der Waals surface area contributed by atoms with E-state index < -0.39 is 0 Å². The molecule has 0 aromatic carbocycles. The standard InChI is InChI=1S/C43H85NO5/c1-4-7-10-13-16-24-31-40-48-42(46)34-27-21-23-30-37-44(38-39-45)36-29-22-17-20-28-35-43(47)49-41(32-25-18-14-11-8-5-2)33-26-19-15-12-9-6-3/h41,45H,4-40H2,1-3H3. The first-order valence-corrected chi connectivity index (χ1v) is 21.8. The predicted molar refractivity (Wildman–Crippen MR) is 209 cm³/mol. The molecule has 0 amide bonds. The molecule has 0 aliphatic heterocycles. The molecule has 0 aliphatic carbocycles. The van der Waals surface area contributed by atoms with E-state index in [2.05, 4.69) is 25.7 Å². The first-order chi connectivity index (χ1) is 24.1. The van der Waals surface area contributed by atoms with Gasteiger partial charge in [-0.3, -0.25) is 9.59 Å². The van der Waals surface area contributed by atoms with Gasteiger partial charge in [-0.05, 0) is 70.9 Å². The molecule has 0 heterocycles. The summed E-state index contributed by atoms with van der Waals surface area (Å²) in [6.45, 7) is 10.3. The third kappa shape index (κ3) is 36.5. The van der Waals surface area contributed by atoms with Crippen molar-refractivity contribution in [2.45, 2.75) is 232 Å². The number of esters is 2. The average Bonchev–Trinajstić information content (AvgIpc) is 3.09. The third-order valence-corrected chi connectivity index (χ3v) is 9.95. The lowest BCUT2D eigenvalue weighted by molar-refractivity contribution is -0.150. The molecule has 0 radical (unpaired) electrons. The van der Waals surface area contributed by atoms with Gasteiger partial charge in [0.2, 0.25) is 0 Å². The zero-order chi connectivity index (χ0) is 35.9. The highest BCUT2D eigenvalue weighted by Gasteiger charge is 2.14. The molecular weight excluding hydrogens is 610 g/mol. The Labute approximate surface area is 305 Å². The Morgan fingerprint density at radius 2 is 0.857 bits per heavy atom. The van der Waals surface area contributed by atoms with Crippen molar-refractivity contribution in [1.29, 1.82) is 0 Å². The monoisotopic (exact) mass is 696 g/mol. The molecule has 0 rings (SSSR count). The van der Waals surface area contributed by atoms with Gasteiger partial charge in [-0.2, -0.15) is 0 Å². The summed E-state index contributed by atoms with van der Waals surface area (Å²) in [4.78, 5) is 27.0. The molecule has 0 atom stereocenters. The quantitative estimate of drug-likeness (QED) is 0.0508. The average molecular weight is 696 g/mol. The Morgan fingerprint density at radius 1 is 0.469 bits per heavy atom. The lowest BCUT2D eigenvalue weighted by Crippen LogP contribution is -2.29. The number of unbranched alkanes of at least 4 members (excludes halogenated alkanes) is 23. The van der Waals surface area contributed by atoms with Crippen molar-refractivity contribution in [2.24, 2.45) is 0 Å². The van der Waals surface area contributed by atoms with Crippen LogP contribution in [0.25, 0.3) is 0 Å². The van der Waals surface area contributed by atoms with Crippen molar-refractivity contribution in [2.75, 3.05) is 32.8 Å². The summed E-state index contributed by atoms with van der Waals surface area (Å²) < 4.78 is 11.4. The fraction of sp³-hybridized carbons (Fsp3) is 0.953. The number of carbonyl (C=O) groups excluding carboxylic acids is 2. The fourth-order valence-corrected chi connectivity index (χ4v) is 6.70. The van der Waals surface area contributed by atoms with E-state index in [1.165, 1.54) is 109 Å². The smallest absolute Gasteiger partial charge is 0.306 e. The van der Waals surface area contributed by atoms with Gasteiger partial charge in [-0.25, -0.2) is 0 Å². The van der Waals surface area contributed by atoms with Crippen molar-refractivity contribution in [3.63, 3.8) is 0 Å². The van der Waals surface area contributed by atoms with Crippen molar-refractivity contribution in [1.82, 2.24) is 4.90 Å². The molecule has 0 unspecified atom stereocenters. The van der Waals surface area contributed by atoms with Crippen LogP contribution in [-0.2, 0) is 19.1 Å². The molecule has 1 N–H and O–H groups in total. The Kier molecular flexibility index (Phi) is 38.7. The Hall–Kier alpha value is -1.14. The first-order valence-electron chi connectivity index (χ1n) is 21.8. The van der Waals surface area contributed by atoms with Crippen LogP contribution in [0.15, 0.2) is 0 Å². The topological polar surface area (TPSA) is 76.1 Å². The highest BCUT2D eigenvalue weighted by molar-refractivity contribution is 5.69. The third-order valence-electron chi connectivity index (χ3n) is 9.95. The highest BCUT2D eigenvalue weighted by Crippen LogP contribution is 2.18. The first kappa shape index (κ1) is 47.9. The van der Waals surface area contributed by atoms with Crippen LogP contribution in [0, 0.1) is 0 Å². The predicted octanol–water partition coefficient (Wildman–Crippen LogP) is 12.3. The fourth-order valence-electron chi connectivity index (χ4n) is 6.70. The summed E-state index contributed by atoms with van der Waals surface area (Å²) in [6, 6.07) is 0. The molecule has 0 spiro atoms. The van der Waals surface area contributed by atoms with Gasteiger partial charge in [0.05, 0.1) is 13.2 Å². The van der Waals surface area contributed by atoms with E-state index in [9.17, 15) is 14.7 Å². The lowest BCUT2D eigenvalue weighted by Gasteiger charge is -2.21. The Morgan fingerprint density at radius 3 is 1.33 bits per heavy atom. The largest absolute Gasteiger partial charge is 0.466 e. The number of rotatable bonds is 40. The van der Waals surface area contributed by atoms with Crippen LogP contribution in [0.4, 0.5) is 0 Å². The van der Waals surface area contributed by atoms with Crippen LogP contribution >= 0.6 is 0 Å². The van der Waals surface area contributed by atoms with Crippen LogP contribution in [0.3, 0.4) is 0 Å². The molecule has 6 nitrogen and oxygen atoms in total. The van der Waals surface area contributed by atoms with E-state index in [1.54, 1.807) is 0 Å². The molecule has 0 saturated carbocycles. The van der Waals surface area contributed by atoms with Crippen molar-refractivity contribution < 1.29 is 24.2 Å². The van der Waals surface area contributed by atoms with E-state index in [4.69, 9.17) is 9.47 Å². The Bertz CT molecular complexity index is 671. The molecular formula is C43H85NO5. The minimum absolute atomic E-state index is 0.0106. The normalized spacial score (nSPS) is 11.6. The van der Waals surface area contributed by atoms with E-state index in [0.717, 1.165) is 103 Å². The summed E-state index contributed by atoms with van der Waals surface area (Å²) in [5, 5.41) is 9.52. The van der Waals surface area contributed by atoms with E-state index in [0.29, 0.717) is 19.4 Å². The summed E-state index contributed by atoms with van der Waals surface area (Å²) >= 11 is 0. The Balaban J connectivity index is 3.96. The van der Waals surface area contributed by atoms with Crippen LogP contribution in [-0.4, -0.2) is 60.9 Å². The maximum atomic E-state index is 12.7. The number of carbonyl (C=O) groups is 2. The van der Waals surface area contributed by atoms with Crippen LogP contribution in [0.1, 0.15) is 226 Å². The zero-order valence-electron chi connectivity index (χ0n) is 33.3. The SMILES string of the molecule is CCCCCCCCCOC(=O)CCCCCCN(CCO)CCCCCCCC(=O)OC(CCCCCCCC)CCCCCCCC. The number of aliphatic hydroxyl groups excluding tert-OH is 1. The zero-order valence-corrected chi connectivity index (χ0v) is 33.3. The number of hydrogen-bond donors (Lipinski definition) is 1. The van der Waals surface area contributed by atoms with Gasteiger partial charge in [0, 0.05) is 19.4 Å². The van der Waals surface area contributed by atoms with Crippen LogP contribution in [0.5, 0.6) is 0 Å². The summed E-state index contributed by atoms with van der Waals surface area (Å²) in [5.41, 5.74) is 0. The van der Waals surface area contributed by atoms with Gasteiger partial charge in [0.25, 0.3) is 0 Å². The highest BCUT2D eigenvalue weighted by atomic mass is 16.5. The van der Waals surface area contributed by atoms with Crippen molar-refractivity contribution in [3.05, 3.63) is 0 Å². The maximum Gasteiger partial charge on any atom is 0.306 e. The molecule has 0 fully saturated rings. The van der Waals surface area contributed by atoms with E-state index in [-0.39, 0.29) is 24.6 Å². The minimum Gasteiger partial charge on any atom is -0.466 e. The van der Waals surface area contributed by atoms with Gasteiger partial charge in [-0.1, -0.05) is 156 Å².